The van der Waals surface area contributed by atoms with Crippen molar-refractivity contribution in [2.24, 2.45) is 0 Å². The normalized spacial score (nSPS) is 22.1. The number of nitrogens with one attached hydrogen (secondary N) is 1. The summed E-state index contributed by atoms with van der Waals surface area (Å²) < 4.78 is 29.6. The second kappa shape index (κ2) is 5.07. The van der Waals surface area contributed by atoms with Gasteiger partial charge < -0.3 is 9.73 Å². The van der Waals surface area contributed by atoms with Gasteiger partial charge in [-0.1, -0.05) is 18.2 Å². The van der Waals surface area contributed by atoms with E-state index in [1.54, 1.807) is 18.4 Å². The molecule has 4 nitrogen and oxygen atoms in total. The Morgan fingerprint density at radius 1 is 1.25 bits per heavy atom. The van der Waals surface area contributed by atoms with Gasteiger partial charge in [-0.25, -0.2) is 8.42 Å². The molecule has 1 aliphatic heterocycles. The highest BCUT2D eigenvalue weighted by atomic mass is 32.2. The van der Waals surface area contributed by atoms with Crippen molar-refractivity contribution >= 4 is 9.84 Å². The van der Waals surface area contributed by atoms with Gasteiger partial charge >= 0.3 is 0 Å². The molecule has 0 fully saturated rings. The molecule has 0 bridgehead atoms. The molecule has 0 saturated carbocycles. The van der Waals surface area contributed by atoms with E-state index in [1.807, 2.05) is 31.2 Å². The summed E-state index contributed by atoms with van der Waals surface area (Å²) in [6, 6.07) is 11.1. The molecule has 0 radical (unpaired) electrons. The fourth-order valence-electron chi connectivity index (χ4n) is 2.68. The van der Waals surface area contributed by atoms with Crippen LogP contribution in [0.1, 0.15) is 36.8 Å². The number of hydrogen-bond donors (Lipinski definition) is 1. The minimum absolute atomic E-state index is 0.0369. The molecule has 0 amide bonds. The number of sulfone groups is 1. The molecule has 3 rings (SSSR count). The Kier molecular flexibility index (Phi) is 3.40. The van der Waals surface area contributed by atoms with Crippen LogP contribution in [0.3, 0.4) is 0 Å². The molecule has 1 aromatic carbocycles. The van der Waals surface area contributed by atoms with E-state index in [9.17, 15) is 8.42 Å². The lowest BCUT2D eigenvalue weighted by molar-refractivity contribution is 0.381. The zero-order valence-corrected chi connectivity index (χ0v) is 12.1. The molecular formula is C15H17NO3S. The number of hydrogen-bond acceptors (Lipinski definition) is 4. The maximum absolute atomic E-state index is 12.1. The molecular weight excluding hydrogens is 274 g/mol. The Bertz CT molecular complexity index is 692. The number of rotatable bonds is 3. The van der Waals surface area contributed by atoms with Crippen LogP contribution in [0.5, 0.6) is 0 Å². The first-order valence-corrected chi connectivity index (χ1v) is 8.34. The molecule has 5 heteroatoms. The summed E-state index contributed by atoms with van der Waals surface area (Å²) in [5, 5.41) is 3.46. The fraction of sp³-hybridized carbons (Fsp3) is 0.333. The van der Waals surface area contributed by atoms with Crippen molar-refractivity contribution in [2.75, 3.05) is 5.75 Å². The number of fused-ring (bicyclic) bond motifs is 1. The lowest BCUT2D eigenvalue weighted by Crippen LogP contribution is -2.31. The molecule has 0 saturated heterocycles. The van der Waals surface area contributed by atoms with Crippen LogP contribution < -0.4 is 5.32 Å². The summed E-state index contributed by atoms with van der Waals surface area (Å²) in [6.07, 6.45) is 2.23. The largest absolute Gasteiger partial charge is 0.468 e. The molecule has 2 atom stereocenters. The summed E-state index contributed by atoms with van der Waals surface area (Å²) in [4.78, 5) is 0.454. The third kappa shape index (κ3) is 2.39. The Hall–Kier alpha value is -1.59. The van der Waals surface area contributed by atoms with E-state index in [4.69, 9.17) is 4.42 Å². The van der Waals surface area contributed by atoms with Gasteiger partial charge in [-0.15, -0.1) is 0 Å². The van der Waals surface area contributed by atoms with Gasteiger partial charge in [-0.05, 0) is 37.1 Å². The van der Waals surface area contributed by atoms with Gasteiger partial charge in [0, 0.05) is 6.04 Å². The lowest BCUT2D eigenvalue weighted by atomic mass is 10.0. The van der Waals surface area contributed by atoms with Gasteiger partial charge in [0.15, 0.2) is 9.84 Å². The number of furan rings is 1. The van der Waals surface area contributed by atoms with Crippen LogP contribution in [0, 0.1) is 0 Å². The maximum Gasteiger partial charge on any atom is 0.178 e. The highest BCUT2D eigenvalue weighted by Gasteiger charge is 2.30. The molecule has 1 N–H and O–H groups in total. The third-order valence-corrected chi connectivity index (χ3v) is 5.54. The van der Waals surface area contributed by atoms with Crippen molar-refractivity contribution in [1.82, 2.24) is 5.32 Å². The molecule has 2 heterocycles. The SMILES string of the molecule is CC(NC1CCS(=O)(=O)c2ccccc21)c1ccco1. The monoisotopic (exact) mass is 291 g/mol. The molecule has 106 valence electrons. The minimum atomic E-state index is -3.13. The van der Waals surface area contributed by atoms with Crippen molar-refractivity contribution in [3.63, 3.8) is 0 Å². The molecule has 1 aliphatic rings. The van der Waals surface area contributed by atoms with Crippen LogP contribution in [0.15, 0.2) is 52.0 Å². The zero-order valence-electron chi connectivity index (χ0n) is 11.2. The summed E-state index contributed by atoms with van der Waals surface area (Å²) in [6.45, 7) is 2.02. The second-order valence-electron chi connectivity index (χ2n) is 5.10. The number of benzene rings is 1. The van der Waals surface area contributed by atoms with Gasteiger partial charge in [-0.3, -0.25) is 0 Å². The smallest absolute Gasteiger partial charge is 0.178 e. The first-order chi connectivity index (χ1) is 9.58. The van der Waals surface area contributed by atoms with E-state index in [0.29, 0.717) is 11.3 Å². The Balaban J connectivity index is 1.89. The summed E-state index contributed by atoms with van der Waals surface area (Å²) >= 11 is 0. The van der Waals surface area contributed by atoms with Crippen molar-refractivity contribution in [3.8, 4) is 0 Å². The van der Waals surface area contributed by atoms with E-state index in [2.05, 4.69) is 5.32 Å². The summed E-state index contributed by atoms with van der Waals surface area (Å²) in [5.41, 5.74) is 0.858. The average Bonchev–Trinajstić information content (AvgIpc) is 2.96. The van der Waals surface area contributed by atoms with Gasteiger partial charge in [0.1, 0.15) is 5.76 Å². The topological polar surface area (TPSA) is 59.3 Å². The first kappa shape index (κ1) is 13.4. The van der Waals surface area contributed by atoms with E-state index >= 15 is 0 Å². The van der Waals surface area contributed by atoms with E-state index < -0.39 is 9.84 Å². The molecule has 2 unspecified atom stereocenters. The maximum atomic E-state index is 12.1. The predicted molar refractivity (Wildman–Crippen MR) is 76.1 cm³/mol. The highest BCUT2D eigenvalue weighted by molar-refractivity contribution is 7.91. The lowest BCUT2D eigenvalue weighted by Gasteiger charge is -2.28. The van der Waals surface area contributed by atoms with Gasteiger partial charge in [0.2, 0.25) is 0 Å². The van der Waals surface area contributed by atoms with Crippen LogP contribution in [-0.2, 0) is 9.84 Å². The van der Waals surface area contributed by atoms with E-state index in [-0.39, 0.29) is 17.8 Å². The van der Waals surface area contributed by atoms with Crippen LogP contribution in [0.4, 0.5) is 0 Å². The van der Waals surface area contributed by atoms with Crippen molar-refractivity contribution in [1.29, 1.82) is 0 Å². The van der Waals surface area contributed by atoms with Crippen LogP contribution in [0.25, 0.3) is 0 Å². The fourth-order valence-corrected chi connectivity index (χ4v) is 4.31. The van der Waals surface area contributed by atoms with E-state index in [0.717, 1.165) is 11.3 Å². The van der Waals surface area contributed by atoms with E-state index in [1.165, 1.54) is 0 Å². The van der Waals surface area contributed by atoms with Crippen LogP contribution >= 0.6 is 0 Å². The molecule has 20 heavy (non-hydrogen) atoms. The first-order valence-electron chi connectivity index (χ1n) is 6.69. The van der Waals surface area contributed by atoms with Crippen LogP contribution in [-0.4, -0.2) is 14.2 Å². The standard InChI is InChI=1S/C15H17NO3S/c1-11(14-6-4-9-19-14)16-13-8-10-20(17,18)15-7-3-2-5-12(13)15/h2-7,9,11,13,16H,8,10H2,1H3. The average molecular weight is 291 g/mol. The van der Waals surface area contributed by atoms with Crippen LogP contribution in [0.2, 0.25) is 0 Å². The molecule has 1 aromatic heterocycles. The predicted octanol–water partition coefficient (Wildman–Crippen LogP) is 2.85. The Labute approximate surface area is 118 Å². The third-order valence-electron chi connectivity index (χ3n) is 3.73. The van der Waals surface area contributed by atoms with Crippen molar-refractivity contribution < 1.29 is 12.8 Å². The molecule has 0 spiro atoms. The minimum Gasteiger partial charge on any atom is -0.468 e. The second-order valence-corrected chi connectivity index (χ2v) is 7.18. The van der Waals surface area contributed by atoms with Gasteiger partial charge in [0.25, 0.3) is 0 Å². The Morgan fingerprint density at radius 3 is 2.80 bits per heavy atom. The summed E-state index contributed by atoms with van der Waals surface area (Å²) in [5.74, 6) is 1.04. The van der Waals surface area contributed by atoms with Crippen molar-refractivity contribution in [2.45, 2.75) is 30.3 Å². The Morgan fingerprint density at radius 2 is 2.05 bits per heavy atom. The molecule has 2 aromatic rings. The van der Waals surface area contributed by atoms with Gasteiger partial charge in [0.05, 0.1) is 23.0 Å². The van der Waals surface area contributed by atoms with Crippen molar-refractivity contribution in [3.05, 3.63) is 54.0 Å². The zero-order chi connectivity index (χ0) is 14.2. The van der Waals surface area contributed by atoms with Gasteiger partial charge in [-0.2, -0.15) is 0 Å². The summed E-state index contributed by atoms with van der Waals surface area (Å²) in [7, 11) is -3.13. The highest BCUT2D eigenvalue weighted by Crippen LogP contribution is 2.33. The molecule has 0 aliphatic carbocycles. The quantitative estimate of drug-likeness (QED) is 0.944.